The Morgan fingerprint density at radius 2 is 2.00 bits per heavy atom. The molecular weight excluding hydrogens is 209 g/mol. The van der Waals surface area contributed by atoms with Crippen LogP contribution in [0.2, 0.25) is 0 Å². The normalized spacial score (nSPS) is 28.9. The van der Waals surface area contributed by atoms with Gasteiger partial charge in [0.25, 0.3) is 10.1 Å². The number of alkyl halides is 3. The third kappa shape index (κ3) is 3.51. The van der Waals surface area contributed by atoms with E-state index in [0.29, 0.717) is 0 Å². The highest BCUT2D eigenvalue weighted by molar-refractivity contribution is 7.85. The molecule has 0 unspecified atom stereocenters. The summed E-state index contributed by atoms with van der Waals surface area (Å²) in [6.45, 7) is -0.358. The van der Waals surface area contributed by atoms with Crippen molar-refractivity contribution in [2.75, 3.05) is 12.9 Å². The summed E-state index contributed by atoms with van der Waals surface area (Å²) in [5.41, 5.74) is 0. The van der Waals surface area contributed by atoms with Crippen molar-refractivity contribution >= 4 is 10.1 Å². The van der Waals surface area contributed by atoms with Gasteiger partial charge in [-0.2, -0.15) is 21.6 Å². The summed E-state index contributed by atoms with van der Waals surface area (Å²) in [7, 11) is -3.62. The third-order valence-electron chi connectivity index (χ3n) is 1.84. The molecule has 3 nitrogen and oxygen atoms in total. The van der Waals surface area contributed by atoms with Crippen LogP contribution in [0, 0.1) is 11.8 Å². The molecule has 1 aliphatic rings. The third-order valence-corrected chi connectivity index (χ3v) is 2.40. The van der Waals surface area contributed by atoms with Gasteiger partial charge >= 0.3 is 6.18 Å². The first-order valence-corrected chi connectivity index (χ1v) is 5.43. The number of rotatable bonds is 3. The Hall–Kier alpha value is -0.300. The first-order chi connectivity index (χ1) is 5.70. The Morgan fingerprint density at radius 1 is 1.46 bits per heavy atom. The standard InChI is InChI=1S/C6H9F3O3S/c1-13(10,11)12-3-4-2-5(4)6(7,8)9/h4-5H,2-3H2,1H3/t4-,5-/m0/s1. The molecule has 78 valence electrons. The first-order valence-electron chi connectivity index (χ1n) is 3.61. The van der Waals surface area contributed by atoms with Gasteiger partial charge in [0.05, 0.1) is 18.8 Å². The van der Waals surface area contributed by atoms with Crippen LogP contribution in [-0.2, 0) is 14.3 Å². The lowest BCUT2D eigenvalue weighted by atomic mass is 10.3. The van der Waals surface area contributed by atoms with Gasteiger partial charge in [-0.3, -0.25) is 4.18 Å². The van der Waals surface area contributed by atoms with E-state index in [1.165, 1.54) is 0 Å². The molecule has 2 atom stereocenters. The van der Waals surface area contributed by atoms with Crippen molar-refractivity contribution in [3.8, 4) is 0 Å². The SMILES string of the molecule is CS(=O)(=O)OC[C@@H]1C[C@@H]1C(F)(F)F. The first kappa shape index (κ1) is 10.8. The molecule has 0 radical (unpaired) electrons. The molecule has 0 aromatic rings. The highest BCUT2D eigenvalue weighted by atomic mass is 32.2. The van der Waals surface area contributed by atoms with Crippen molar-refractivity contribution in [2.45, 2.75) is 12.6 Å². The zero-order valence-electron chi connectivity index (χ0n) is 6.84. The van der Waals surface area contributed by atoms with E-state index in [1.54, 1.807) is 0 Å². The van der Waals surface area contributed by atoms with Gasteiger partial charge in [0, 0.05) is 0 Å². The van der Waals surface area contributed by atoms with Crippen LogP contribution in [0.25, 0.3) is 0 Å². The number of hydrogen-bond donors (Lipinski definition) is 0. The molecule has 1 rings (SSSR count). The average molecular weight is 218 g/mol. The van der Waals surface area contributed by atoms with Crippen molar-refractivity contribution in [1.82, 2.24) is 0 Å². The maximum Gasteiger partial charge on any atom is 0.392 e. The predicted molar refractivity (Wildman–Crippen MR) is 38.4 cm³/mol. The van der Waals surface area contributed by atoms with Crippen molar-refractivity contribution in [1.29, 1.82) is 0 Å². The fraction of sp³-hybridized carbons (Fsp3) is 1.00. The summed E-state index contributed by atoms with van der Waals surface area (Å²) in [5, 5.41) is 0. The van der Waals surface area contributed by atoms with Crippen LogP contribution >= 0.6 is 0 Å². The van der Waals surface area contributed by atoms with Crippen molar-refractivity contribution in [3.05, 3.63) is 0 Å². The molecule has 0 heterocycles. The fourth-order valence-corrected chi connectivity index (χ4v) is 1.47. The second kappa shape index (κ2) is 3.13. The van der Waals surface area contributed by atoms with E-state index in [0.717, 1.165) is 6.26 Å². The minimum absolute atomic E-state index is 0.0288. The Balaban J connectivity index is 2.30. The van der Waals surface area contributed by atoms with Crippen LogP contribution < -0.4 is 0 Å². The van der Waals surface area contributed by atoms with Crippen molar-refractivity contribution in [3.63, 3.8) is 0 Å². The molecule has 1 fully saturated rings. The lowest BCUT2D eigenvalue weighted by Gasteiger charge is -2.04. The van der Waals surface area contributed by atoms with E-state index in [4.69, 9.17) is 0 Å². The van der Waals surface area contributed by atoms with E-state index in [9.17, 15) is 21.6 Å². The number of halogens is 3. The lowest BCUT2D eigenvalue weighted by Crippen LogP contribution is -2.14. The molecule has 13 heavy (non-hydrogen) atoms. The molecule has 0 spiro atoms. The van der Waals surface area contributed by atoms with Gasteiger partial charge in [-0.05, 0) is 12.3 Å². The summed E-state index contributed by atoms with van der Waals surface area (Å²) in [5.74, 6) is -2.07. The van der Waals surface area contributed by atoms with Gasteiger partial charge < -0.3 is 0 Å². The predicted octanol–water partition coefficient (Wildman–Crippen LogP) is 1.16. The molecule has 0 amide bonds. The van der Waals surface area contributed by atoms with E-state index in [-0.39, 0.29) is 13.0 Å². The zero-order chi connectivity index (χ0) is 10.3. The molecule has 0 bridgehead atoms. The molecule has 7 heteroatoms. The second-order valence-corrected chi connectivity index (χ2v) is 4.78. The van der Waals surface area contributed by atoms with Crippen LogP contribution in [0.3, 0.4) is 0 Å². The Morgan fingerprint density at radius 3 is 2.31 bits per heavy atom. The zero-order valence-corrected chi connectivity index (χ0v) is 7.65. The summed E-state index contributed by atoms with van der Waals surface area (Å²) in [4.78, 5) is 0. The summed E-state index contributed by atoms with van der Waals surface area (Å²) in [6.07, 6.45) is -3.43. The van der Waals surface area contributed by atoms with Gasteiger partial charge in [-0.15, -0.1) is 0 Å². The number of hydrogen-bond acceptors (Lipinski definition) is 3. The largest absolute Gasteiger partial charge is 0.392 e. The molecular formula is C6H9F3O3S. The van der Waals surface area contributed by atoms with Gasteiger partial charge in [0.2, 0.25) is 0 Å². The summed E-state index contributed by atoms with van der Waals surface area (Å²) >= 11 is 0. The highest BCUT2D eigenvalue weighted by Crippen LogP contribution is 2.50. The molecule has 0 aliphatic heterocycles. The summed E-state index contributed by atoms with van der Waals surface area (Å²) < 4.78 is 60.8. The quantitative estimate of drug-likeness (QED) is 0.667. The molecule has 0 aromatic carbocycles. The molecule has 1 saturated carbocycles. The molecule has 0 saturated heterocycles. The van der Waals surface area contributed by atoms with Gasteiger partial charge in [-0.1, -0.05) is 0 Å². The van der Waals surface area contributed by atoms with Gasteiger partial charge in [0.15, 0.2) is 0 Å². The Bertz CT molecular complexity index is 282. The monoisotopic (exact) mass is 218 g/mol. The fourth-order valence-electron chi connectivity index (χ4n) is 1.04. The van der Waals surface area contributed by atoms with Crippen LogP contribution in [-0.4, -0.2) is 27.5 Å². The Kier molecular flexibility index (Phi) is 2.59. The van der Waals surface area contributed by atoms with Crippen molar-refractivity contribution in [2.24, 2.45) is 11.8 Å². The minimum Gasteiger partial charge on any atom is -0.270 e. The van der Waals surface area contributed by atoms with E-state index >= 15 is 0 Å². The van der Waals surface area contributed by atoms with Gasteiger partial charge in [0.1, 0.15) is 0 Å². The highest BCUT2D eigenvalue weighted by Gasteiger charge is 2.55. The van der Waals surface area contributed by atoms with E-state index in [1.807, 2.05) is 0 Å². The lowest BCUT2D eigenvalue weighted by molar-refractivity contribution is -0.151. The molecule has 1 aliphatic carbocycles. The van der Waals surface area contributed by atoms with Crippen LogP contribution in [0.1, 0.15) is 6.42 Å². The van der Waals surface area contributed by atoms with Crippen LogP contribution in [0.5, 0.6) is 0 Å². The second-order valence-electron chi connectivity index (χ2n) is 3.13. The molecule has 0 N–H and O–H groups in total. The summed E-state index contributed by atoms with van der Waals surface area (Å²) in [6, 6.07) is 0. The molecule has 0 aromatic heterocycles. The smallest absolute Gasteiger partial charge is 0.270 e. The van der Waals surface area contributed by atoms with Gasteiger partial charge in [-0.25, -0.2) is 0 Å². The van der Waals surface area contributed by atoms with E-state index in [2.05, 4.69) is 4.18 Å². The van der Waals surface area contributed by atoms with Crippen molar-refractivity contribution < 1.29 is 25.8 Å². The maximum absolute atomic E-state index is 11.9. The topological polar surface area (TPSA) is 43.4 Å². The maximum atomic E-state index is 11.9. The minimum atomic E-state index is -4.22. The van der Waals surface area contributed by atoms with Crippen LogP contribution in [0.15, 0.2) is 0 Å². The Labute approximate surface area is 74.0 Å². The van der Waals surface area contributed by atoms with E-state index < -0.39 is 28.1 Å². The van der Waals surface area contributed by atoms with Crippen LogP contribution in [0.4, 0.5) is 13.2 Å². The average Bonchev–Trinajstić information content (AvgIpc) is 2.57.